The van der Waals surface area contributed by atoms with E-state index in [1.165, 1.54) is 39.1 Å². The Morgan fingerprint density at radius 3 is 1.90 bits per heavy atom. The summed E-state index contributed by atoms with van der Waals surface area (Å²) < 4.78 is 0. The summed E-state index contributed by atoms with van der Waals surface area (Å²) in [5.74, 6) is 0. The van der Waals surface area contributed by atoms with E-state index in [0.29, 0.717) is 0 Å². The van der Waals surface area contributed by atoms with Gasteiger partial charge in [-0.2, -0.15) is 10.8 Å². The summed E-state index contributed by atoms with van der Waals surface area (Å²) in [7, 11) is -1.50. The molecule has 0 aliphatic heterocycles. The van der Waals surface area contributed by atoms with E-state index in [1.54, 1.807) is 10.8 Å². The predicted molar refractivity (Wildman–Crippen MR) is 133 cm³/mol. The first-order valence-corrected chi connectivity index (χ1v) is 13.0. The molecule has 0 nitrogen and oxygen atoms in total. The predicted octanol–water partition coefficient (Wildman–Crippen LogP) is 6.10. The van der Waals surface area contributed by atoms with Gasteiger partial charge in [-0.05, 0) is 31.8 Å². The van der Waals surface area contributed by atoms with E-state index in [-0.39, 0.29) is 31.6 Å². The molecule has 0 amide bonds. The molecule has 2 aromatic carbocycles. The zero-order valence-electron chi connectivity index (χ0n) is 19.5. The normalized spacial score (nSPS) is 20.8. The van der Waals surface area contributed by atoms with Gasteiger partial charge in [0.15, 0.2) is 0 Å². The van der Waals surface area contributed by atoms with Crippen LogP contribution in [0.4, 0.5) is 0 Å². The van der Waals surface area contributed by atoms with Gasteiger partial charge < -0.3 is 0 Å². The molecule has 1 atom stereocenters. The summed E-state index contributed by atoms with van der Waals surface area (Å²) in [6.07, 6.45) is 9.71. The van der Waals surface area contributed by atoms with Crippen LogP contribution in [0.25, 0.3) is 0 Å². The van der Waals surface area contributed by atoms with Crippen LogP contribution in [0.2, 0.25) is 0 Å². The maximum atomic E-state index is 3.91. The number of rotatable bonds is 6. The van der Waals surface area contributed by atoms with E-state index in [9.17, 15) is 0 Å². The van der Waals surface area contributed by atoms with E-state index in [0.717, 1.165) is 12.8 Å². The fourth-order valence-corrected chi connectivity index (χ4v) is 8.69. The molecule has 4 rings (SSSR count). The second kappa shape index (κ2) is 9.97. The van der Waals surface area contributed by atoms with Gasteiger partial charge in [-0.25, -0.2) is 5.57 Å². The molecular weight excluding hydrogens is 468 g/mol. The Hall–Kier alpha value is -1.50. The second-order valence-electron chi connectivity index (χ2n) is 9.02. The fourth-order valence-electron chi connectivity index (χ4n) is 5.35. The molecule has 0 saturated heterocycles. The maximum Gasteiger partial charge on any atom is 0.110 e. The maximum absolute atomic E-state index is 3.91. The molecule has 158 valence electrons. The largest absolute Gasteiger partial charge is 0.268 e. The molecule has 2 heteroatoms. The zero-order chi connectivity index (χ0) is 21.3. The number of hydrogen-bond donors (Lipinski definition) is 0. The number of benzene rings is 2. The third-order valence-corrected chi connectivity index (χ3v) is 10.6. The van der Waals surface area contributed by atoms with Crippen molar-refractivity contribution >= 4 is 19.2 Å². The molecule has 0 N–H and O–H groups in total. The molecule has 0 saturated carbocycles. The summed E-state index contributed by atoms with van der Waals surface area (Å²) in [5, 5.41) is 4.71. The molecule has 2 aromatic rings. The summed E-state index contributed by atoms with van der Waals surface area (Å²) >= 11 is 0. The minimum absolute atomic E-state index is 0. The van der Waals surface area contributed by atoms with Gasteiger partial charge in [0.25, 0.3) is 0 Å². The second-order valence-corrected chi connectivity index (χ2v) is 11.9. The average Bonchev–Trinajstić information content (AvgIpc) is 3.26. The van der Waals surface area contributed by atoms with Crippen LogP contribution in [-0.2, 0) is 26.2 Å². The summed E-state index contributed by atoms with van der Waals surface area (Å²) in [4.78, 5) is 0. The van der Waals surface area contributed by atoms with Crippen LogP contribution in [0, 0.1) is 11.5 Å². The van der Waals surface area contributed by atoms with Crippen LogP contribution in [0.3, 0.4) is 0 Å². The summed E-state index contributed by atoms with van der Waals surface area (Å²) in [6.45, 7) is 11.6. The molecule has 0 aromatic heterocycles. The first kappa shape index (κ1) is 24.1. The van der Waals surface area contributed by atoms with Crippen LogP contribution in [0.1, 0.15) is 53.9 Å². The van der Waals surface area contributed by atoms with Crippen LogP contribution >= 0.6 is 0 Å². The Morgan fingerprint density at radius 2 is 1.45 bits per heavy atom. The first-order valence-electron chi connectivity index (χ1n) is 11.3. The zero-order valence-corrected chi connectivity index (χ0v) is 23.2. The standard InChI is InChI=1S/C29H33Si.Zr/c1-6-13-26-27(29(5)20-21(2)22(3)23(29)4)18-19-28(26)30(24-14-9-7-10-15-24)25-16-11-8-12-17-25;/h7-12,14-17,20,30H,6,13,19H2,1-5H3;/q-1;. The molecule has 1 unspecified atom stereocenters. The van der Waals surface area contributed by atoms with Gasteiger partial charge in [0.1, 0.15) is 8.80 Å². The monoisotopic (exact) mass is 499 g/mol. The van der Waals surface area contributed by atoms with Gasteiger partial charge >= 0.3 is 0 Å². The average molecular weight is 501 g/mol. The Kier molecular flexibility index (Phi) is 7.76. The fraction of sp³-hybridized carbons (Fsp3) is 0.310. The molecule has 31 heavy (non-hydrogen) atoms. The third-order valence-electron chi connectivity index (χ3n) is 7.22. The molecular formula is C29H33SiZr-. The van der Waals surface area contributed by atoms with Crippen molar-refractivity contribution in [1.29, 1.82) is 0 Å². The van der Waals surface area contributed by atoms with Gasteiger partial charge in [0.05, 0.1) is 0 Å². The molecule has 0 heterocycles. The van der Waals surface area contributed by atoms with Crippen molar-refractivity contribution in [3.63, 3.8) is 0 Å². The Labute approximate surface area is 209 Å². The Bertz CT molecular complexity index is 1020. The van der Waals surface area contributed by atoms with Crippen LogP contribution < -0.4 is 10.4 Å². The van der Waals surface area contributed by atoms with E-state index in [4.69, 9.17) is 0 Å². The van der Waals surface area contributed by atoms with Crippen molar-refractivity contribution in [3.8, 4) is 0 Å². The minimum atomic E-state index is -1.50. The molecule has 2 aliphatic carbocycles. The Morgan fingerprint density at radius 1 is 0.903 bits per heavy atom. The molecule has 0 fully saturated rings. The van der Waals surface area contributed by atoms with Crippen molar-refractivity contribution in [2.45, 2.75) is 53.9 Å². The van der Waals surface area contributed by atoms with Crippen molar-refractivity contribution < 1.29 is 26.2 Å². The molecule has 2 aliphatic rings. The van der Waals surface area contributed by atoms with Gasteiger partial charge in [0, 0.05) is 26.2 Å². The number of hydrogen-bond acceptors (Lipinski definition) is 0. The Balaban J connectivity index is 0.00000272. The topological polar surface area (TPSA) is 0 Å². The summed E-state index contributed by atoms with van der Waals surface area (Å²) in [5.41, 5.74) is 7.42. The summed E-state index contributed by atoms with van der Waals surface area (Å²) in [6, 6.07) is 22.4. The van der Waals surface area contributed by atoms with Crippen molar-refractivity contribution in [1.82, 2.24) is 0 Å². The third kappa shape index (κ3) is 4.39. The quantitative estimate of drug-likeness (QED) is 0.332. The van der Waals surface area contributed by atoms with E-state index in [2.05, 4.69) is 107 Å². The van der Waals surface area contributed by atoms with Crippen LogP contribution in [-0.4, -0.2) is 8.80 Å². The van der Waals surface area contributed by atoms with Gasteiger partial charge in [-0.3, -0.25) is 6.08 Å². The van der Waals surface area contributed by atoms with Crippen molar-refractivity contribution in [2.24, 2.45) is 5.41 Å². The van der Waals surface area contributed by atoms with Gasteiger partial charge in [-0.15, -0.1) is 6.42 Å². The first-order chi connectivity index (χ1) is 14.5. The van der Waals surface area contributed by atoms with E-state index >= 15 is 0 Å². The number of allylic oxidation sites excluding steroid dienone is 8. The molecule has 0 radical (unpaired) electrons. The van der Waals surface area contributed by atoms with E-state index in [1.807, 2.05) is 0 Å². The smallest absolute Gasteiger partial charge is 0.110 e. The minimum Gasteiger partial charge on any atom is -0.268 e. The van der Waals surface area contributed by atoms with Crippen molar-refractivity contribution in [2.75, 3.05) is 0 Å². The van der Waals surface area contributed by atoms with Gasteiger partial charge in [0.2, 0.25) is 0 Å². The van der Waals surface area contributed by atoms with E-state index < -0.39 is 8.80 Å². The van der Waals surface area contributed by atoms with Crippen molar-refractivity contribution in [3.05, 3.63) is 106 Å². The van der Waals surface area contributed by atoms with Gasteiger partial charge in [-0.1, -0.05) is 115 Å². The van der Waals surface area contributed by atoms with Crippen LogP contribution in [0.15, 0.2) is 99.8 Å². The van der Waals surface area contributed by atoms with Crippen LogP contribution in [0.5, 0.6) is 0 Å². The SMILES string of the molecule is CCCC1=C([SiH](c2ccccc2)c2ccccc2)C[C-]=C1C1(C)C=C(C)C(C)=C1C.[Zr]. The molecule has 0 spiro atoms. The molecule has 0 bridgehead atoms.